The third-order valence-corrected chi connectivity index (χ3v) is 6.54. The summed E-state index contributed by atoms with van der Waals surface area (Å²) in [5, 5.41) is 7.15. The molecule has 2 heterocycles. The Morgan fingerprint density at radius 3 is 2.79 bits per heavy atom. The fourth-order valence-corrected chi connectivity index (χ4v) is 4.58. The van der Waals surface area contributed by atoms with Crippen molar-refractivity contribution in [3.63, 3.8) is 0 Å². The molecule has 5 rings (SSSR count). The molecule has 2 aromatic carbocycles. The van der Waals surface area contributed by atoms with Gasteiger partial charge in [0.25, 0.3) is 5.91 Å². The third kappa shape index (κ3) is 4.97. The van der Waals surface area contributed by atoms with Gasteiger partial charge in [0.1, 0.15) is 0 Å². The van der Waals surface area contributed by atoms with Gasteiger partial charge in [-0.3, -0.25) is 4.79 Å². The van der Waals surface area contributed by atoms with Crippen LogP contribution in [0.2, 0.25) is 0 Å². The molecule has 1 aliphatic carbocycles. The van der Waals surface area contributed by atoms with Crippen molar-refractivity contribution in [2.75, 3.05) is 6.54 Å². The second-order valence-electron chi connectivity index (χ2n) is 8.96. The van der Waals surface area contributed by atoms with E-state index in [9.17, 15) is 4.79 Å². The molecule has 1 N–H and O–H groups in total. The first-order valence-corrected chi connectivity index (χ1v) is 11.8. The molecule has 170 valence electrons. The van der Waals surface area contributed by atoms with Crippen molar-refractivity contribution < 1.29 is 9.32 Å². The molecule has 0 bridgehead atoms. The van der Waals surface area contributed by atoms with Gasteiger partial charge in [0.15, 0.2) is 0 Å². The zero-order chi connectivity index (χ0) is 22.6. The number of nitrogens with zero attached hydrogens (tertiary/aromatic N) is 4. The van der Waals surface area contributed by atoms with E-state index in [-0.39, 0.29) is 5.91 Å². The Hall–Kier alpha value is -3.48. The summed E-state index contributed by atoms with van der Waals surface area (Å²) in [4.78, 5) is 21.4. The summed E-state index contributed by atoms with van der Waals surface area (Å²) < 4.78 is 7.53. The van der Waals surface area contributed by atoms with Gasteiger partial charge in [0.2, 0.25) is 11.7 Å². The van der Waals surface area contributed by atoms with Gasteiger partial charge in [-0.05, 0) is 49.6 Å². The molecule has 0 spiro atoms. The number of hydrogen-bond acceptors (Lipinski definition) is 5. The second-order valence-corrected chi connectivity index (χ2v) is 8.96. The highest BCUT2D eigenvalue weighted by Gasteiger charge is 2.17. The molecule has 0 unspecified atom stereocenters. The molecule has 0 aliphatic heterocycles. The number of amides is 1. The lowest BCUT2D eigenvalue weighted by Gasteiger charge is -2.07. The zero-order valence-corrected chi connectivity index (χ0v) is 19.0. The lowest BCUT2D eigenvalue weighted by atomic mass is 10.0. The van der Waals surface area contributed by atoms with Crippen LogP contribution >= 0.6 is 0 Å². The lowest BCUT2D eigenvalue weighted by Crippen LogP contribution is -2.27. The number of aromatic nitrogens is 4. The summed E-state index contributed by atoms with van der Waals surface area (Å²) in [5.74, 6) is 2.06. The van der Waals surface area contributed by atoms with Crippen LogP contribution in [0.25, 0.3) is 22.4 Å². The number of aryl methyl sites for hydroxylation is 2. The van der Waals surface area contributed by atoms with Gasteiger partial charge < -0.3 is 14.4 Å². The highest BCUT2D eigenvalue weighted by atomic mass is 16.5. The van der Waals surface area contributed by atoms with Gasteiger partial charge in [-0.25, -0.2) is 4.98 Å². The topological polar surface area (TPSA) is 85.8 Å². The average Bonchev–Trinajstić information content (AvgIpc) is 3.59. The van der Waals surface area contributed by atoms with Crippen LogP contribution in [0.3, 0.4) is 0 Å². The Morgan fingerprint density at radius 2 is 1.97 bits per heavy atom. The van der Waals surface area contributed by atoms with E-state index in [4.69, 9.17) is 4.52 Å². The molecule has 0 radical (unpaired) electrons. The van der Waals surface area contributed by atoms with E-state index < -0.39 is 0 Å². The number of rotatable bonds is 8. The molecule has 2 aromatic heterocycles. The van der Waals surface area contributed by atoms with Gasteiger partial charge >= 0.3 is 0 Å². The minimum Gasteiger partial charge on any atom is -0.350 e. The molecular formula is C26H29N5O2. The van der Waals surface area contributed by atoms with Crippen LogP contribution in [-0.2, 0) is 13.0 Å². The van der Waals surface area contributed by atoms with Crippen molar-refractivity contribution in [2.24, 2.45) is 5.92 Å². The van der Waals surface area contributed by atoms with E-state index >= 15 is 0 Å². The highest BCUT2D eigenvalue weighted by molar-refractivity contribution is 5.94. The van der Waals surface area contributed by atoms with E-state index in [1.807, 2.05) is 54.0 Å². The summed E-state index contributed by atoms with van der Waals surface area (Å²) in [6.45, 7) is 3.17. The summed E-state index contributed by atoms with van der Waals surface area (Å²) >= 11 is 0. The van der Waals surface area contributed by atoms with Crippen LogP contribution in [0, 0.1) is 12.8 Å². The smallest absolute Gasteiger partial charge is 0.251 e. The van der Waals surface area contributed by atoms with Crippen molar-refractivity contribution in [1.29, 1.82) is 0 Å². The van der Waals surface area contributed by atoms with Crippen LogP contribution in [-0.4, -0.2) is 32.1 Å². The standard InChI is InChI=1S/C26H29N5O2/c1-18-6-9-20(10-7-18)26(32)27-14-15-31-17-28-22-16-21(11-12-23(22)31)25-29-24(33-30-25)13-8-19-4-2-3-5-19/h6-7,9-12,16-17,19H,2-5,8,13-15H2,1H3,(H,27,32). The molecular weight excluding hydrogens is 414 g/mol. The Morgan fingerprint density at radius 1 is 1.15 bits per heavy atom. The largest absolute Gasteiger partial charge is 0.350 e. The van der Waals surface area contributed by atoms with Gasteiger partial charge in [-0.2, -0.15) is 4.98 Å². The van der Waals surface area contributed by atoms with Crippen LogP contribution in [0.5, 0.6) is 0 Å². The van der Waals surface area contributed by atoms with Gasteiger partial charge in [0.05, 0.1) is 17.4 Å². The summed E-state index contributed by atoms with van der Waals surface area (Å²) in [5.41, 5.74) is 4.58. The number of carbonyl (C=O) groups is 1. The Bertz CT molecular complexity index is 1240. The number of hydrogen-bond donors (Lipinski definition) is 1. The van der Waals surface area contributed by atoms with Crippen molar-refractivity contribution in [3.05, 3.63) is 65.8 Å². The molecule has 33 heavy (non-hydrogen) atoms. The van der Waals surface area contributed by atoms with E-state index in [0.29, 0.717) is 30.4 Å². The number of fused-ring (bicyclic) bond motifs is 1. The summed E-state index contributed by atoms with van der Waals surface area (Å²) in [6.07, 6.45) is 9.15. The molecule has 7 heteroatoms. The number of benzene rings is 2. The maximum Gasteiger partial charge on any atom is 0.251 e. The molecule has 1 saturated carbocycles. The van der Waals surface area contributed by atoms with Crippen molar-refractivity contribution >= 4 is 16.9 Å². The fraction of sp³-hybridized carbons (Fsp3) is 0.385. The second kappa shape index (κ2) is 9.57. The van der Waals surface area contributed by atoms with Crippen molar-refractivity contribution in [1.82, 2.24) is 25.0 Å². The van der Waals surface area contributed by atoms with Crippen molar-refractivity contribution in [2.45, 2.75) is 52.0 Å². The van der Waals surface area contributed by atoms with Gasteiger partial charge in [0, 0.05) is 30.6 Å². The summed E-state index contributed by atoms with van der Waals surface area (Å²) in [6, 6.07) is 13.6. The normalized spacial score (nSPS) is 14.2. The van der Waals surface area contributed by atoms with Crippen LogP contribution in [0.15, 0.2) is 53.3 Å². The minimum absolute atomic E-state index is 0.0671. The summed E-state index contributed by atoms with van der Waals surface area (Å²) in [7, 11) is 0. The van der Waals surface area contributed by atoms with E-state index in [1.54, 1.807) is 6.33 Å². The minimum atomic E-state index is -0.0671. The monoisotopic (exact) mass is 443 g/mol. The van der Waals surface area contributed by atoms with Crippen LogP contribution < -0.4 is 5.32 Å². The van der Waals surface area contributed by atoms with Gasteiger partial charge in [-0.1, -0.05) is 48.5 Å². The highest BCUT2D eigenvalue weighted by Crippen LogP contribution is 2.29. The number of nitrogens with one attached hydrogen (secondary N) is 1. The molecule has 1 fully saturated rings. The molecule has 0 saturated heterocycles. The maximum atomic E-state index is 12.3. The Kier molecular flexibility index (Phi) is 6.19. The third-order valence-electron chi connectivity index (χ3n) is 6.54. The van der Waals surface area contributed by atoms with Crippen LogP contribution in [0.4, 0.5) is 0 Å². The van der Waals surface area contributed by atoms with Crippen LogP contribution in [0.1, 0.15) is 53.9 Å². The SMILES string of the molecule is Cc1ccc(C(=O)NCCn2cnc3cc(-c4noc(CCC5CCCC5)n4)ccc32)cc1. The molecule has 1 aliphatic rings. The first kappa shape index (κ1) is 21.4. The van der Waals surface area contributed by atoms with Crippen molar-refractivity contribution in [3.8, 4) is 11.4 Å². The van der Waals surface area contributed by atoms with E-state index in [2.05, 4.69) is 20.4 Å². The molecule has 1 amide bonds. The average molecular weight is 444 g/mol. The number of carbonyl (C=O) groups excluding carboxylic acids is 1. The quantitative estimate of drug-likeness (QED) is 0.417. The zero-order valence-electron chi connectivity index (χ0n) is 19.0. The van der Waals surface area contributed by atoms with E-state index in [0.717, 1.165) is 40.9 Å². The maximum absolute atomic E-state index is 12.3. The Balaban J connectivity index is 1.20. The Labute approximate surface area is 193 Å². The van der Waals surface area contributed by atoms with E-state index in [1.165, 1.54) is 25.7 Å². The molecule has 7 nitrogen and oxygen atoms in total. The fourth-order valence-electron chi connectivity index (χ4n) is 4.58. The predicted molar refractivity (Wildman–Crippen MR) is 127 cm³/mol. The first-order valence-electron chi connectivity index (χ1n) is 11.8. The first-order chi connectivity index (χ1) is 16.2. The number of imidazole rings is 1. The van der Waals surface area contributed by atoms with Gasteiger partial charge in [-0.15, -0.1) is 0 Å². The lowest BCUT2D eigenvalue weighted by molar-refractivity contribution is 0.0952. The molecule has 0 atom stereocenters. The predicted octanol–water partition coefficient (Wildman–Crippen LogP) is 4.95. The molecule has 4 aromatic rings.